The van der Waals surface area contributed by atoms with Crippen molar-refractivity contribution in [1.29, 1.82) is 5.26 Å². The first-order chi connectivity index (χ1) is 13.7. The number of para-hydroxylation sites is 2. The van der Waals surface area contributed by atoms with E-state index in [1.807, 2.05) is 68.7 Å². The van der Waals surface area contributed by atoms with E-state index in [1.165, 1.54) is 0 Å². The minimum Gasteiger partial charge on any atom is -0.455 e. The largest absolute Gasteiger partial charge is 0.455 e. The van der Waals surface area contributed by atoms with Crippen LogP contribution in [0.25, 0.3) is 39.0 Å². The summed E-state index contributed by atoms with van der Waals surface area (Å²) in [6, 6.07) is 22.4. The zero-order valence-electron chi connectivity index (χ0n) is 15.7. The molecule has 0 bridgehead atoms. The Balaban J connectivity index is 1.94. The van der Waals surface area contributed by atoms with Crippen molar-refractivity contribution in [2.24, 2.45) is 7.05 Å². The SMILES string of the molecule is Cc1cc(C#N)c2c(oc3ccccc32)c1-c1n(-c2ccccc2)cc[n+]1C. The van der Waals surface area contributed by atoms with E-state index >= 15 is 0 Å². The molecule has 28 heavy (non-hydrogen) atoms. The molecular formula is C24H18N3O+. The van der Waals surface area contributed by atoms with Gasteiger partial charge in [0.25, 0.3) is 5.82 Å². The highest BCUT2D eigenvalue weighted by Crippen LogP contribution is 2.39. The summed E-state index contributed by atoms with van der Waals surface area (Å²) in [5, 5.41) is 11.6. The van der Waals surface area contributed by atoms with Gasteiger partial charge in [0.05, 0.1) is 18.7 Å². The third-order valence-electron chi connectivity index (χ3n) is 5.23. The number of imidazole rings is 1. The first-order valence-electron chi connectivity index (χ1n) is 9.17. The number of nitriles is 1. The van der Waals surface area contributed by atoms with Crippen molar-refractivity contribution in [1.82, 2.24) is 4.57 Å². The highest BCUT2D eigenvalue weighted by molar-refractivity contribution is 6.12. The first-order valence-corrected chi connectivity index (χ1v) is 9.17. The molecule has 0 amide bonds. The molecule has 4 heteroatoms. The molecule has 0 unspecified atom stereocenters. The second-order valence-electron chi connectivity index (χ2n) is 6.97. The Kier molecular flexibility index (Phi) is 3.56. The van der Waals surface area contributed by atoms with Gasteiger partial charge in [0.15, 0.2) is 5.58 Å². The van der Waals surface area contributed by atoms with Crippen molar-refractivity contribution in [2.75, 3.05) is 0 Å². The fraction of sp³-hybridized carbons (Fsp3) is 0.0833. The van der Waals surface area contributed by atoms with Gasteiger partial charge in [-0.25, -0.2) is 4.57 Å². The molecule has 0 N–H and O–H groups in total. The monoisotopic (exact) mass is 364 g/mol. The maximum atomic E-state index is 9.74. The molecule has 0 aliphatic rings. The molecule has 4 nitrogen and oxygen atoms in total. The zero-order valence-corrected chi connectivity index (χ0v) is 15.7. The van der Waals surface area contributed by atoms with Crippen molar-refractivity contribution in [3.8, 4) is 23.1 Å². The quantitative estimate of drug-likeness (QED) is 0.412. The molecule has 0 aliphatic carbocycles. The van der Waals surface area contributed by atoms with Gasteiger partial charge in [-0.05, 0) is 36.8 Å². The van der Waals surface area contributed by atoms with Gasteiger partial charge in [0.2, 0.25) is 0 Å². The molecule has 5 rings (SSSR count). The fourth-order valence-corrected chi connectivity index (χ4v) is 3.97. The van der Waals surface area contributed by atoms with Crippen LogP contribution in [0.4, 0.5) is 0 Å². The molecule has 0 atom stereocenters. The average Bonchev–Trinajstić information content (AvgIpc) is 3.29. The Morgan fingerprint density at radius 2 is 1.79 bits per heavy atom. The van der Waals surface area contributed by atoms with Crippen molar-refractivity contribution >= 4 is 21.9 Å². The first kappa shape index (κ1) is 16.3. The van der Waals surface area contributed by atoms with Gasteiger partial charge in [-0.15, -0.1) is 0 Å². The van der Waals surface area contributed by atoms with Crippen LogP contribution in [0.5, 0.6) is 0 Å². The Morgan fingerprint density at radius 3 is 2.57 bits per heavy atom. The van der Waals surface area contributed by atoms with E-state index < -0.39 is 0 Å². The molecule has 2 aromatic heterocycles. The third-order valence-corrected chi connectivity index (χ3v) is 5.23. The molecule has 0 saturated heterocycles. The molecule has 2 heterocycles. The lowest BCUT2D eigenvalue weighted by Crippen LogP contribution is -2.29. The summed E-state index contributed by atoms with van der Waals surface area (Å²) in [6.07, 6.45) is 4.09. The van der Waals surface area contributed by atoms with Gasteiger partial charge in [0, 0.05) is 10.8 Å². The molecule has 0 radical (unpaired) electrons. The minimum atomic E-state index is 0.640. The van der Waals surface area contributed by atoms with Gasteiger partial charge < -0.3 is 4.42 Å². The van der Waals surface area contributed by atoms with Gasteiger partial charge in [-0.2, -0.15) is 9.83 Å². The van der Waals surface area contributed by atoms with Gasteiger partial charge in [0.1, 0.15) is 29.2 Å². The van der Waals surface area contributed by atoms with Gasteiger partial charge in [-0.1, -0.05) is 36.4 Å². The van der Waals surface area contributed by atoms with E-state index in [9.17, 15) is 5.26 Å². The van der Waals surface area contributed by atoms with Gasteiger partial charge in [-0.3, -0.25) is 0 Å². The molecule has 134 valence electrons. The summed E-state index contributed by atoms with van der Waals surface area (Å²) in [7, 11) is 2.03. The fourth-order valence-electron chi connectivity index (χ4n) is 3.97. The number of rotatable bonds is 2. The minimum absolute atomic E-state index is 0.640. The summed E-state index contributed by atoms with van der Waals surface area (Å²) in [5.74, 6) is 1.01. The van der Waals surface area contributed by atoms with Crippen molar-refractivity contribution in [2.45, 2.75) is 6.92 Å². The third kappa shape index (κ3) is 2.27. The van der Waals surface area contributed by atoms with Crippen LogP contribution in [0, 0.1) is 18.3 Å². The van der Waals surface area contributed by atoms with Crippen LogP contribution >= 0.6 is 0 Å². The number of hydrogen-bond acceptors (Lipinski definition) is 2. The standard InChI is InChI=1S/C24H18N3O/c1-16-14-17(15-25)22-19-10-6-7-11-20(19)28-23(22)21(16)24-26(2)12-13-27(24)18-8-4-3-5-9-18/h3-14H,1-2H3/q+1. The topological polar surface area (TPSA) is 45.7 Å². The summed E-state index contributed by atoms with van der Waals surface area (Å²) in [5.41, 5.74) is 5.27. The van der Waals surface area contributed by atoms with E-state index in [-0.39, 0.29) is 0 Å². The second-order valence-corrected chi connectivity index (χ2v) is 6.97. The highest BCUT2D eigenvalue weighted by Gasteiger charge is 2.27. The van der Waals surface area contributed by atoms with Crippen LogP contribution < -0.4 is 4.57 Å². The lowest BCUT2D eigenvalue weighted by molar-refractivity contribution is -0.659. The van der Waals surface area contributed by atoms with Crippen LogP contribution in [-0.4, -0.2) is 4.57 Å². The zero-order chi connectivity index (χ0) is 19.3. The summed E-state index contributed by atoms with van der Waals surface area (Å²) < 4.78 is 10.5. The summed E-state index contributed by atoms with van der Waals surface area (Å²) in [6.45, 7) is 2.03. The Hall–Kier alpha value is -3.84. The van der Waals surface area contributed by atoms with Crippen molar-refractivity contribution in [3.63, 3.8) is 0 Å². The van der Waals surface area contributed by atoms with Crippen molar-refractivity contribution < 1.29 is 8.98 Å². The number of fused-ring (bicyclic) bond motifs is 3. The lowest BCUT2D eigenvalue weighted by atomic mass is 9.98. The Bertz CT molecular complexity index is 1380. The Labute approximate surface area is 162 Å². The van der Waals surface area contributed by atoms with Crippen LogP contribution in [-0.2, 0) is 7.05 Å². The average molecular weight is 364 g/mol. The number of nitrogens with zero attached hydrogens (tertiary/aromatic N) is 3. The van der Waals surface area contributed by atoms with Crippen molar-refractivity contribution in [3.05, 3.63) is 84.2 Å². The number of aryl methyl sites for hydroxylation is 2. The number of aromatic nitrogens is 2. The molecular weight excluding hydrogens is 346 g/mol. The van der Waals surface area contributed by atoms with E-state index in [1.54, 1.807) is 0 Å². The maximum absolute atomic E-state index is 9.74. The summed E-state index contributed by atoms with van der Waals surface area (Å²) >= 11 is 0. The highest BCUT2D eigenvalue weighted by atomic mass is 16.3. The number of hydrogen-bond donors (Lipinski definition) is 0. The predicted molar refractivity (Wildman–Crippen MR) is 109 cm³/mol. The predicted octanol–water partition coefficient (Wildman–Crippen LogP) is 5.05. The lowest BCUT2D eigenvalue weighted by Gasteiger charge is -2.08. The summed E-state index contributed by atoms with van der Waals surface area (Å²) in [4.78, 5) is 0. The van der Waals surface area contributed by atoms with E-state index in [0.29, 0.717) is 5.56 Å². The van der Waals surface area contributed by atoms with E-state index in [4.69, 9.17) is 4.42 Å². The maximum Gasteiger partial charge on any atom is 0.297 e. The van der Waals surface area contributed by atoms with Crippen LogP contribution in [0.2, 0.25) is 0 Å². The van der Waals surface area contributed by atoms with E-state index in [0.717, 1.165) is 44.6 Å². The Morgan fingerprint density at radius 1 is 1.04 bits per heavy atom. The van der Waals surface area contributed by atoms with Crippen LogP contribution in [0.3, 0.4) is 0 Å². The van der Waals surface area contributed by atoms with Crippen LogP contribution in [0.15, 0.2) is 77.5 Å². The van der Waals surface area contributed by atoms with E-state index in [2.05, 4.69) is 33.5 Å². The number of benzene rings is 3. The molecule has 0 aliphatic heterocycles. The molecule has 5 aromatic rings. The molecule has 0 fully saturated rings. The second kappa shape index (κ2) is 6.11. The van der Waals surface area contributed by atoms with Crippen LogP contribution in [0.1, 0.15) is 11.1 Å². The van der Waals surface area contributed by atoms with Gasteiger partial charge >= 0.3 is 0 Å². The smallest absolute Gasteiger partial charge is 0.297 e. The molecule has 0 saturated carbocycles. The molecule has 0 spiro atoms. The normalized spacial score (nSPS) is 11.2. The molecule has 3 aromatic carbocycles. The number of furan rings is 1.